The summed E-state index contributed by atoms with van der Waals surface area (Å²) in [6.07, 6.45) is 0. The van der Waals surface area contributed by atoms with Crippen LogP contribution in [-0.4, -0.2) is 17.0 Å². The maximum absolute atomic E-state index is 6.20. The molecule has 0 aromatic heterocycles. The van der Waals surface area contributed by atoms with Crippen molar-refractivity contribution in [3.8, 4) is 0 Å². The molecule has 2 aromatic carbocycles. The molecule has 2 N–H and O–H groups in total. The highest BCUT2D eigenvalue weighted by Crippen LogP contribution is 2.13. The number of benzene rings is 2. The van der Waals surface area contributed by atoms with Crippen molar-refractivity contribution < 1.29 is 0 Å². The van der Waals surface area contributed by atoms with Gasteiger partial charge in [0.15, 0.2) is 0 Å². The first kappa shape index (κ1) is 14.8. The first-order valence-electron chi connectivity index (χ1n) is 7.12. The quantitative estimate of drug-likeness (QED) is 0.869. The summed E-state index contributed by atoms with van der Waals surface area (Å²) < 4.78 is 0. The molecule has 0 amide bonds. The summed E-state index contributed by atoms with van der Waals surface area (Å²) in [6, 6.07) is 21.1. The Morgan fingerprint density at radius 3 is 1.55 bits per heavy atom. The highest BCUT2D eigenvalue weighted by molar-refractivity contribution is 5.17. The Hall–Kier alpha value is -1.64. The Bertz CT molecular complexity index is 458. The van der Waals surface area contributed by atoms with Crippen molar-refractivity contribution in [2.24, 2.45) is 5.73 Å². The topological polar surface area (TPSA) is 29.3 Å². The van der Waals surface area contributed by atoms with Crippen molar-refractivity contribution in [1.29, 1.82) is 0 Å². The number of hydrogen-bond donors (Lipinski definition) is 1. The molecule has 0 radical (unpaired) electrons. The van der Waals surface area contributed by atoms with Gasteiger partial charge in [-0.2, -0.15) is 0 Å². The molecule has 106 valence electrons. The Morgan fingerprint density at radius 1 is 0.800 bits per heavy atom. The summed E-state index contributed by atoms with van der Waals surface area (Å²) in [6.45, 7) is 6.88. The van der Waals surface area contributed by atoms with Crippen LogP contribution >= 0.6 is 0 Å². The van der Waals surface area contributed by atoms with Crippen molar-refractivity contribution in [3.63, 3.8) is 0 Å². The van der Waals surface area contributed by atoms with Crippen LogP contribution in [0.25, 0.3) is 0 Å². The van der Waals surface area contributed by atoms with E-state index in [2.05, 4.69) is 79.4 Å². The summed E-state index contributed by atoms with van der Waals surface area (Å²) in [5.41, 5.74) is 8.66. The highest BCUT2D eigenvalue weighted by atomic mass is 15.1. The van der Waals surface area contributed by atoms with E-state index in [-0.39, 0.29) is 5.54 Å². The minimum atomic E-state index is -0.191. The van der Waals surface area contributed by atoms with Crippen molar-refractivity contribution >= 4 is 0 Å². The molecule has 0 aliphatic rings. The lowest BCUT2D eigenvalue weighted by molar-refractivity contribution is 0.210. The molecular weight excluding hydrogens is 244 g/mol. The molecule has 0 bridgehead atoms. The summed E-state index contributed by atoms with van der Waals surface area (Å²) in [4.78, 5) is 2.41. The second-order valence-electron chi connectivity index (χ2n) is 6.10. The van der Waals surface area contributed by atoms with Gasteiger partial charge in [-0.05, 0) is 25.0 Å². The van der Waals surface area contributed by atoms with Crippen molar-refractivity contribution in [3.05, 3.63) is 71.8 Å². The predicted molar refractivity (Wildman–Crippen MR) is 85.3 cm³/mol. The van der Waals surface area contributed by atoms with Gasteiger partial charge in [-0.3, -0.25) is 4.90 Å². The number of nitrogens with zero attached hydrogens (tertiary/aromatic N) is 1. The fraction of sp³-hybridized carbons (Fsp3) is 0.333. The minimum Gasteiger partial charge on any atom is -0.324 e. The van der Waals surface area contributed by atoms with Gasteiger partial charge < -0.3 is 5.73 Å². The van der Waals surface area contributed by atoms with Crippen LogP contribution in [0.3, 0.4) is 0 Å². The summed E-state index contributed by atoms with van der Waals surface area (Å²) in [5, 5.41) is 0. The first-order valence-corrected chi connectivity index (χ1v) is 7.12. The molecule has 0 unspecified atom stereocenters. The average molecular weight is 268 g/mol. The van der Waals surface area contributed by atoms with Crippen LogP contribution in [0.4, 0.5) is 0 Å². The van der Waals surface area contributed by atoms with Crippen LogP contribution in [-0.2, 0) is 13.1 Å². The molecule has 0 spiro atoms. The van der Waals surface area contributed by atoms with E-state index in [1.54, 1.807) is 0 Å². The van der Waals surface area contributed by atoms with Crippen LogP contribution in [0.2, 0.25) is 0 Å². The Morgan fingerprint density at radius 2 is 1.20 bits per heavy atom. The van der Waals surface area contributed by atoms with Gasteiger partial charge in [0.25, 0.3) is 0 Å². The molecule has 0 atom stereocenters. The van der Waals surface area contributed by atoms with E-state index in [4.69, 9.17) is 5.73 Å². The summed E-state index contributed by atoms with van der Waals surface area (Å²) >= 11 is 0. The van der Waals surface area contributed by atoms with E-state index in [1.807, 2.05) is 0 Å². The zero-order chi connectivity index (χ0) is 14.4. The molecule has 0 aliphatic heterocycles. The van der Waals surface area contributed by atoms with Gasteiger partial charge in [0.05, 0.1) is 0 Å². The Labute approximate surface area is 122 Å². The minimum absolute atomic E-state index is 0.191. The molecule has 0 aliphatic carbocycles. The molecule has 20 heavy (non-hydrogen) atoms. The smallest absolute Gasteiger partial charge is 0.0238 e. The van der Waals surface area contributed by atoms with Crippen LogP contribution in [0.1, 0.15) is 25.0 Å². The number of rotatable bonds is 6. The Balaban J connectivity index is 2.08. The van der Waals surface area contributed by atoms with Crippen molar-refractivity contribution in [2.45, 2.75) is 32.5 Å². The normalized spacial score (nSPS) is 11.8. The standard InChI is InChI=1S/C18H24N2/c1-18(2,19)15-20(13-16-9-5-3-6-10-16)14-17-11-7-4-8-12-17/h3-12H,13-15,19H2,1-2H3. The molecular formula is C18H24N2. The van der Waals surface area contributed by atoms with E-state index < -0.39 is 0 Å². The van der Waals surface area contributed by atoms with E-state index in [0.29, 0.717) is 0 Å². The van der Waals surface area contributed by atoms with E-state index in [0.717, 1.165) is 19.6 Å². The van der Waals surface area contributed by atoms with Gasteiger partial charge in [0.1, 0.15) is 0 Å². The zero-order valence-electron chi connectivity index (χ0n) is 12.4. The lowest BCUT2D eigenvalue weighted by atomic mass is 10.1. The largest absolute Gasteiger partial charge is 0.324 e. The van der Waals surface area contributed by atoms with Crippen molar-refractivity contribution in [2.75, 3.05) is 6.54 Å². The van der Waals surface area contributed by atoms with E-state index >= 15 is 0 Å². The molecule has 2 aromatic rings. The van der Waals surface area contributed by atoms with Crippen LogP contribution in [0, 0.1) is 0 Å². The molecule has 0 saturated carbocycles. The maximum atomic E-state index is 6.20. The van der Waals surface area contributed by atoms with Gasteiger partial charge in [0.2, 0.25) is 0 Å². The van der Waals surface area contributed by atoms with Crippen molar-refractivity contribution in [1.82, 2.24) is 4.90 Å². The fourth-order valence-electron chi connectivity index (χ4n) is 2.43. The number of hydrogen-bond acceptors (Lipinski definition) is 2. The van der Waals surface area contributed by atoms with Crippen LogP contribution in [0.5, 0.6) is 0 Å². The second kappa shape index (κ2) is 6.69. The lowest BCUT2D eigenvalue weighted by Crippen LogP contribution is -2.44. The molecule has 2 nitrogen and oxygen atoms in total. The zero-order valence-corrected chi connectivity index (χ0v) is 12.4. The van der Waals surface area contributed by atoms with E-state index in [9.17, 15) is 0 Å². The number of nitrogens with two attached hydrogens (primary N) is 1. The average Bonchev–Trinajstić information content (AvgIpc) is 2.39. The molecule has 2 rings (SSSR count). The SMILES string of the molecule is CC(C)(N)CN(Cc1ccccc1)Cc1ccccc1. The predicted octanol–water partition coefficient (Wildman–Crippen LogP) is 3.43. The lowest BCUT2D eigenvalue weighted by Gasteiger charge is -2.30. The third kappa shape index (κ3) is 5.16. The third-order valence-electron chi connectivity index (χ3n) is 3.13. The fourth-order valence-corrected chi connectivity index (χ4v) is 2.43. The van der Waals surface area contributed by atoms with Gasteiger partial charge >= 0.3 is 0 Å². The van der Waals surface area contributed by atoms with Crippen LogP contribution in [0.15, 0.2) is 60.7 Å². The highest BCUT2D eigenvalue weighted by Gasteiger charge is 2.17. The molecule has 2 heteroatoms. The summed E-state index contributed by atoms with van der Waals surface area (Å²) in [5.74, 6) is 0. The maximum Gasteiger partial charge on any atom is 0.0238 e. The monoisotopic (exact) mass is 268 g/mol. The van der Waals surface area contributed by atoms with Gasteiger partial charge in [0, 0.05) is 25.2 Å². The van der Waals surface area contributed by atoms with Crippen LogP contribution < -0.4 is 5.73 Å². The van der Waals surface area contributed by atoms with Gasteiger partial charge in [-0.15, -0.1) is 0 Å². The van der Waals surface area contributed by atoms with Gasteiger partial charge in [-0.25, -0.2) is 0 Å². The molecule has 0 saturated heterocycles. The molecule has 0 heterocycles. The van der Waals surface area contributed by atoms with Gasteiger partial charge in [-0.1, -0.05) is 60.7 Å². The first-order chi connectivity index (χ1) is 9.53. The molecule has 0 fully saturated rings. The summed E-state index contributed by atoms with van der Waals surface area (Å²) in [7, 11) is 0. The third-order valence-corrected chi connectivity index (χ3v) is 3.13. The Kier molecular flexibility index (Phi) is 4.94. The second-order valence-corrected chi connectivity index (χ2v) is 6.10. The van der Waals surface area contributed by atoms with E-state index in [1.165, 1.54) is 11.1 Å².